The summed E-state index contributed by atoms with van der Waals surface area (Å²) in [7, 11) is 0. The van der Waals surface area contributed by atoms with Gasteiger partial charge in [-0.3, -0.25) is 10.3 Å². The summed E-state index contributed by atoms with van der Waals surface area (Å²) in [5, 5.41) is 3.74. The number of hydrogen-bond acceptors (Lipinski definition) is 0. The normalized spacial score (nSPS) is 40.9. The number of rotatable bonds is 2. The summed E-state index contributed by atoms with van der Waals surface area (Å²) in [6.07, 6.45) is 9.85. The van der Waals surface area contributed by atoms with Gasteiger partial charge in [-0.25, -0.2) is 0 Å². The fourth-order valence-electron chi connectivity index (χ4n) is 4.19. The second kappa shape index (κ2) is 5.81. The summed E-state index contributed by atoms with van der Waals surface area (Å²) in [6.45, 7) is 4.77. The van der Waals surface area contributed by atoms with Gasteiger partial charge in [-0.2, -0.15) is 0 Å². The Balaban J connectivity index is 0.00000120. The molecular formula is C15H27ClN2. The maximum absolute atomic E-state index is 3.89. The lowest BCUT2D eigenvalue weighted by Gasteiger charge is -2.34. The molecular weight excluding hydrogens is 244 g/mol. The summed E-state index contributed by atoms with van der Waals surface area (Å²) < 4.78 is 0. The first-order valence-corrected chi connectivity index (χ1v) is 7.64. The number of fused-ring (bicyclic) bond motifs is 3. The molecule has 2 saturated heterocycles. The Morgan fingerprint density at radius 3 is 2.33 bits per heavy atom. The van der Waals surface area contributed by atoms with Gasteiger partial charge in [-0.1, -0.05) is 13.8 Å². The zero-order valence-electron chi connectivity index (χ0n) is 11.7. The minimum absolute atomic E-state index is 0. The van der Waals surface area contributed by atoms with E-state index in [0.29, 0.717) is 0 Å². The van der Waals surface area contributed by atoms with Crippen molar-refractivity contribution < 1.29 is 17.4 Å². The van der Waals surface area contributed by atoms with Gasteiger partial charge < -0.3 is 12.4 Å². The van der Waals surface area contributed by atoms with E-state index >= 15 is 0 Å². The van der Waals surface area contributed by atoms with E-state index in [0.717, 1.165) is 29.8 Å². The summed E-state index contributed by atoms with van der Waals surface area (Å²) >= 11 is 0. The molecule has 0 aromatic carbocycles. The number of hydrogen-bond donors (Lipinski definition) is 2. The molecule has 2 heterocycles. The predicted molar refractivity (Wildman–Crippen MR) is 70.8 cm³/mol. The Morgan fingerprint density at radius 2 is 1.78 bits per heavy atom. The molecule has 2 N–H and O–H groups in total. The van der Waals surface area contributed by atoms with Gasteiger partial charge in [0.2, 0.25) is 5.84 Å². The summed E-state index contributed by atoms with van der Waals surface area (Å²) in [5.74, 6) is 4.06. The first-order valence-electron chi connectivity index (χ1n) is 7.64. The Hall–Kier alpha value is -0.240. The van der Waals surface area contributed by atoms with Gasteiger partial charge in [0.15, 0.2) is 0 Å². The molecule has 2 aliphatic heterocycles. The minimum Gasteiger partial charge on any atom is -1.00 e. The monoisotopic (exact) mass is 270 g/mol. The molecule has 3 heteroatoms. The molecule has 2 saturated carbocycles. The van der Waals surface area contributed by atoms with Crippen LogP contribution in [0.3, 0.4) is 0 Å². The lowest BCUT2D eigenvalue weighted by molar-refractivity contribution is -0.517. The van der Waals surface area contributed by atoms with Crippen molar-refractivity contribution >= 4 is 5.84 Å². The molecule has 4 fully saturated rings. The van der Waals surface area contributed by atoms with E-state index in [1.165, 1.54) is 50.8 Å². The van der Waals surface area contributed by atoms with Gasteiger partial charge in [0, 0.05) is 5.92 Å². The second-order valence-corrected chi connectivity index (χ2v) is 6.70. The molecule has 2 bridgehead atoms. The van der Waals surface area contributed by atoms with Crippen LogP contribution in [0, 0.1) is 17.8 Å². The molecule has 4 rings (SSSR count). The van der Waals surface area contributed by atoms with E-state index in [9.17, 15) is 0 Å². The molecule has 0 radical (unpaired) electrons. The highest BCUT2D eigenvalue weighted by molar-refractivity contribution is 5.81. The van der Waals surface area contributed by atoms with E-state index < -0.39 is 0 Å². The van der Waals surface area contributed by atoms with Gasteiger partial charge in [0.1, 0.15) is 0 Å². The van der Waals surface area contributed by atoms with Crippen molar-refractivity contribution in [3.8, 4) is 0 Å². The molecule has 2 nitrogen and oxygen atoms in total. The van der Waals surface area contributed by atoms with E-state index in [4.69, 9.17) is 0 Å². The number of amidine groups is 1. The molecule has 18 heavy (non-hydrogen) atoms. The second-order valence-electron chi connectivity index (χ2n) is 6.70. The minimum atomic E-state index is 0. The molecule has 0 spiro atoms. The van der Waals surface area contributed by atoms with E-state index in [1.54, 1.807) is 0 Å². The average molecular weight is 271 g/mol. The van der Waals surface area contributed by atoms with Gasteiger partial charge >= 0.3 is 0 Å². The van der Waals surface area contributed by atoms with Gasteiger partial charge in [0.05, 0.1) is 18.0 Å². The maximum Gasteiger partial charge on any atom is 0.246 e. The van der Waals surface area contributed by atoms with Crippen molar-refractivity contribution in [3.05, 3.63) is 0 Å². The Kier molecular flexibility index (Phi) is 4.58. The molecule has 104 valence electrons. The molecule has 0 aromatic rings. The number of nitrogens with one attached hydrogen (secondary N) is 2. The zero-order valence-corrected chi connectivity index (χ0v) is 12.5. The first-order chi connectivity index (χ1) is 8.24. The van der Waals surface area contributed by atoms with Gasteiger partial charge in [-0.05, 0) is 50.9 Å². The Labute approximate surface area is 117 Å². The fourth-order valence-corrected chi connectivity index (χ4v) is 4.19. The van der Waals surface area contributed by atoms with Crippen molar-refractivity contribution in [2.24, 2.45) is 17.8 Å². The van der Waals surface area contributed by atoms with Crippen molar-refractivity contribution in [2.75, 3.05) is 0 Å². The van der Waals surface area contributed by atoms with Crippen LogP contribution in [0.4, 0.5) is 0 Å². The summed E-state index contributed by atoms with van der Waals surface area (Å²) in [6, 6.07) is 1.53. The predicted octanol–water partition coefficient (Wildman–Crippen LogP) is -1.54. The van der Waals surface area contributed by atoms with Crippen molar-refractivity contribution in [3.63, 3.8) is 0 Å². The molecule has 2 atom stereocenters. The van der Waals surface area contributed by atoms with Crippen LogP contribution in [0.25, 0.3) is 0 Å². The van der Waals surface area contributed by atoms with E-state index in [-0.39, 0.29) is 12.4 Å². The van der Waals surface area contributed by atoms with Crippen molar-refractivity contribution in [1.29, 1.82) is 0 Å². The lowest BCUT2D eigenvalue weighted by Crippen LogP contribution is -3.00. The molecule has 4 aliphatic rings. The van der Waals surface area contributed by atoms with Crippen molar-refractivity contribution in [2.45, 2.75) is 70.9 Å². The Morgan fingerprint density at radius 1 is 1.06 bits per heavy atom. The first kappa shape index (κ1) is 14.2. The third-order valence-corrected chi connectivity index (χ3v) is 5.26. The van der Waals surface area contributed by atoms with E-state index in [2.05, 4.69) is 24.2 Å². The summed E-state index contributed by atoms with van der Waals surface area (Å²) in [5.41, 5.74) is 0. The smallest absolute Gasteiger partial charge is 0.246 e. The third kappa shape index (κ3) is 2.68. The van der Waals surface area contributed by atoms with Crippen LogP contribution in [0.2, 0.25) is 0 Å². The fraction of sp³-hybridized carbons (Fsp3) is 0.933. The maximum atomic E-state index is 3.89. The van der Waals surface area contributed by atoms with Crippen LogP contribution in [-0.2, 0) is 0 Å². The highest BCUT2D eigenvalue weighted by Crippen LogP contribution is 2.31. The van der Waals surface area contributed by atoms with Crippen LogP contribution in [0.5, 0.6) is 0 Å². The highest BCUT2D eigenvalue weighted by Gasteiger charge is 2.39. The highest BCUT2D eigenvalue weighted by atomic mass is 35.5. The van der Waals surface area contributed by atoms with Gasteiger partial charge in [0.25, 0.3) is 0 Å². The average Bonchev–Trinajstić information content (AvgIpc) is 2.79. The standard InChI is InChI=1S/C15H26N2.ClH/c1-10(2)13-4-3-5-14(13)17-15-11-6-8-12(16-15)9-7-11;/h10-14H,3-9H2,1-2H3,(H,16,17);1H/t11?,12?,13-,14-;/m1./s1. The zero-order chi connectivity index (χ0) is 11.8. The van der Waals surface area contributed by atoms with Crippen LogP contribution < -0.4 is 22.7 Å². The Bertz CT molecular complexity index is 306. The molecule has 2 aliphatic carbocycles. The SMILES string of the molecule is CC(C)[C@H]1CCC[C@H]1[NH+]=C1NC2CCC1CC2.[Cl-]. The van der Waals surface area contributed by atoms with Crippen LogP contribution >= 0.6 is 0 Å². The van der Waals surface area contributed by atoms with E-state index in [1.807, 2.05) is 0 Å². The molecule has 0 aromatic heterocycles. The van der Waals surface area contributed by atoms with Crippen LogP contribution in [0.1, 0.15) is 58.8 Å². The van der Waals surface area contributed by atoms with Gasteiger partial charge in [-0.15, -0.1) is 0 Å². The number of piperidine rings is 2. The molecule has 0 unspecified atom stereocenters. The van der Waals surface area contributed by atoms with Crippen LogP contribution in [0.15, 0.2) is 0 Å². The quantitative estimate of drug-likeness (QED) is 0.625. The lowest BCUT2D eigenvalue weighted by atomic mass is 9.80. The topological polar surface area (TPSA) is 26.0 Å². The van der Waals surface area contributed by atoms with Crippen LogP contribution in [-0.4, -0.2) is 17.9 Å². The number of halogens is 1. The third-order valence-electron chi connectivity index (χ3n) is 5.26. The molecule has 0 amide bonds. The van der Waals surface area contributed by atoms with Crippen molar-refractivity contribution in [1.82, 2.24) is 5.32 Å². The largest absolute Gasteiger partial charge is 1.00 e. The summed E-state index contributed by atoms with van der Waals surface area (Å²) in [4.78, 5) is 3.89.